The Morgan fingerprint density at radius 1 is 1.14 bits per heavy atom. The fourth-order valence-corrected chi connectivity index (χ4v) is 1.77. The van der Waals surface area contributed by atoms with Crippen molar-refractivity contribution in [2.75, 3.05) is 5.32 Å². The average molecular weight is 305 g/mol. The number of amides is 1. The van der Waals surface area contributed by atoms with Gasteiger partial charge in [-0.15, -0.1) is 0 Å². The second kappa shape index (κ2) is 6.37. The number of hydrogen-bond acceptors (Lipinski definition) is 4. The summed E-state index contributed by atoms with van der Waals surface area (Å²) < 4.78 is 0. The van der Waals surface area contributed by atoms with Crippen LogP contribution < -0.4 is 5.32 Å². The smallest absolute Gasteiger partial charge is 0.297 e. The van der Waals surface area contributed by atoms with Crippen LogP contribution in [0, 0.1) is 0 Å². The predicted octanol–water partition coefficient (Wildman–Crippen LogP) is 3.72. The lowest BCUT2D eigenvalue weighted by Crippen LogP contribution is -2.15. The van der Waals surface area contributed by atoms with Gasteiger partial charge >= 0.3 is 6.09 Å². The summed E-state index contributed by atoms with van der Waals surface area (Å²) in [6.45, 7) is 3.44. The van der Waals surface area contributed by atoms with Crippen LogP contribution in [0.15, 0.2) is 52.7 Å². The molecule has 1 N–H and O–H groups in total. The first kappa shape index (κ1) is 15.0. The highest BCUT2D eigenvalue weighted by Gasteiger charge is 2.15. The molecule has 1 amide bonds. The third-order valence-corrected chi connectivity index (χ3v) is 3.28. The number of carbonyl (C=O) groups excluding carboxylic acids is 2. The van der Waals surface area contributed by atoms with Crippen LogP contribution in [0.2, 0.25) is 5.02 Å². The van der Waals surface area contributed by atoms with Gasteiger partial charge in [0.15, 0.2) is 5.78 Å². The van der Waals surface area contributed by atoms with E-state index in [2.05, 4.69) is 10.5 Å². The topological polar surface area (TPSA) is 67.8 Å². The van der Waals surface area contributed by atoms with Crippen molar-refractivity contribution in [2.45, 2.75) is 13.8 Å². The zero-order chi connectivity index (χ0) is 15.4. The van der Waals surface area contributed by atoms with E-state index in [1.54, 1.807) is 38.1 Å². The number of carbonyl (C=O) groups is 2. The molecule has 108 valence electrons. The van der Waals surface area contributed by atoms with E-state index in [0.717, 1.165) is 0 Å². The Hall–Kier alpha value is -2.40. The summed E-state index contributed by atoms with van der Waals surface area (Å²) in [4.78, 5) is 27.8. The minimum atomic E-state index is -0.722. The van der Waals surface area contributed by atoms with Crippen molar-refractivity contribution in [1.29, 1.82) is 0 Å². The Balaban J connectivity index is 2.01. The first-order valence-electron chi connectivity index (χ1n) is 6.19. The van der Waals surface area contributed by atoms with Gasteiger partial charge in [0.25, 0.3) is 0 Å². The Morgan fingerprint density at radius 3 is 2.48 bits per heavy atom. The van der Waals surface area contributed by atoms with Gasteiger partial charge in [-0.25, -0.2) is 4.79 Å². The van der Waals surface area contributed by atoms with E-state index in [9.17, 15) is 9.59 Å². The lowest BCUT2D eigenvalue weighted by atomic mass is 9.97. The second-order valence-corrected chi connectivity index (χ2v) is 4.87. The lowest BCUT2D eigenvalue weighted by Gasteiger charge is -2.10. The number of benzene rings is 1. The molecule has 1 aromatic rings. The van der Waals surface area contributed by atoms with Gasteiger partial charge in [0.05, 0.1) is 0 Å². The fourth-order valence-electron chi connectivity index (χ4n) is 1.64. The summed E-state index contributed by atoms with van der Waals surface area (Å²) >= 11 is 5.75. The maximum Gasteiger partial charge on any atom is 0.437 e. The number of oxime groups is 1. The second-order valence-electron chi connectivity index (χ2n) is 4.43. The van der Waals surface area contributed by atoms with Crippen LogP contribution in [-0.4, -0.2) is 17.6 Å². The summed E-state index contributed by atoms with van der Waals surface area (Å²) in [5, 5.41) is 6.83. The highest BCUT2D eigenvalue weighted by atomic mass is 35.5. The number of halogens is 1. The van der Waals surface area contributed by atoms with E-state index in [4.69, 9.17) is 16.4 Å². The fraction of sp³-hybridized carbons (Fsp3) is 0.133. The van der Waals surface area contributed by atoms with E-state index < -0.39 is 6.09 Å². The number of hydrogen-bond donors (Lipinski definition) is 1. The molecule has 5 nitrogen and oxygen atoms in total. The number of nitrogens with zero attached hydrogens (tertiary/aromatic N) is 1. The Labute approximate surface area is 126 Å². The van der Waals surface area contributed by atoms with Crippen LogP contribution in [-0.2, 0) is 9.63 Å². The highest BCUT2D eigenvalue weighted by molar-refractivity contribution is 6.30. The first-order chi connectivity index (χ1) is 9.97. The molecule has 0 unspecified atom stereocenters. The van der Waals surface area contributed by atoms with E-state index in [-0.39, 0.29) is 5.78 Å². The number of allylic oxidation sites excluding steroid dienone is 4. The number of rotatable bonds is 2. The molecule has 1 aromatic carbocycles. The van der Waals surface area contributed by atoms with Crippen molar-refractivity contribution in [3.63, 3.8) is 0 Å². The lowest BCUT2D eigenvalue weighted by molar-refractivity contribution is -0.111. The quantitative estimate of drug-likeness (QED) is 0.514. The zero-order valence-corrected chi connectivity index (χ0v) is 12.3. The van der Waals surface area contributed by atoms with Gasteiger partial charge in [-0.1, -0.05) is 16.8 Å². The molecule has 1 aliphatic carbocycles. The molecule has 21 heavy (non-hydrogen) atoms. The average Bonchev–Trinajstić information content (AvgIpc) is 2.46. The van der Waals surface area contributed by atoms with Crippen molar-refractivity contribution >= 4 is 34.9 Å². The van der Waals surface area contributed by atoms with Crippen molar-refractivity contribution in [3.8, 4) is 0 Å². The summed E-state index contributed by atoms with van der Waals surface area (Å²) in [6, 6.07) is 6.58. The Bertz CT molecular complexity index is 673. The van der Waals surface area contributed by atoms with Crippen LogP contribution in [0.4, 0.5) is 10.5 Å². The van der Waals surface area contributed by atoms with Gasteiger partial charge in [0.1, 0.15) is 5.71 Å². The first-order valence-corrected chi connectivity index (χ1v) is 6.57. The molecule has 0 radical (unpaired) electrons. The molecule has 1 aliphatic rings. The molecule has 0 fully saturated rings. The summed E-state index contributed by atoms with van der Waals surface area (Å²) in [6.07, 6.45) is 2.18. The maximum absolute atomic E-state index is 11.6. The van der Waals surface area contributed by atoms with Gasteiger partial charge in [0, 0.05) is 16.3 Å². The number of nitrogens with one attached hydrogen (secondary N) is 1. The molecular formula is C15H13ClN2O3. The Morgan fingerprint density at radius 2 is 1.81 bits per heavy atom. The molecule has 0 aliphatic heterocycles. The molecule has 0 aromatic heterocycles. The molecular weight excluding hydrogens is 292 g/mol. The third-order valence-electron chi connectivity index (χ3n) is 3.03. The van der Waals surface area contributed by atoms with Crippen LogP contribution >= 0.6 is 11.6 Å². The summed E-state index contributed by atoms with van der Waals surface area (Å²) in [5.41, 5.74) is 2.25. The van der Waals surface area contributed by atoms with E-state index in [1.165, 1.54) is 12.2 Å². The van der Waals surface area contributed by atoms with Crippen molar-refractivity contribution in [1.82, 2.24) is 0 Å². The minimum absolute atomic E-state index is 0.0722. The zero-order valence-electron chi connectivity index (χ0n) is 11.5. The molecule has 2 rings (SSSR count). The van der Waals surface area contributed by atoms with Gasteiger partial charge in [0.2, 0.25) is 0 Å². The van der Waals surface area contributed by atoms with Crippen LogP contribution in [0.3, 0.4) is 0 Å². The Kier molecular flexibility index (Phi) is 4.55. The standard InChI is InChI=1S/C15H13ClN2O3/c1-9-10(2)14(19)8-7-13(9)18-21-15(20)17-12-5-3-11(16)4-6-12/h3-8H,1-2H3,(H,17,20)/b18-13+. The van der Waals surface area contributed by atoms with Crippen LogP contribution in [0.25, 0.3) is 0 Å². The van der Waals surface area contributed by atoms with Gasteiger partial charge in [-0.2, -0.15) is 0 Å². The minimum Gasteiger partial charge on any atom is -0.297 e. The SMILES string of the molecule is CC1=C(C)/C(=N/OC(=O)Nc2ccc(Cl)cc2)C=CC1=O. The van der Waals surface area contributed by atoms with Crippen LogP contribution in [0.1, 0.15) is 13.8 Å². The molecule has 6 heteroatoms. The highest BCUT2D eigenvalue weighted by Crippen LogP contribution is 2.15. The number of anilines is 1. The van der Waals surface area contributed by atoms with Crippen LogP contribution in [0.5, 0.6) is 0 Å². The van der Waals surface area contributed by atoms with E-state index in [1.807, 2.05) is 0 Å². The normalized spacial score (nSPS) is 16.3. The molecule has 0 spiro atoms. The van der Waals surface area contributed by atoms with E-state index in [0.29, 0.717) is 27.6 Å². The summed E-state index contributed by atoms with van der Waals surface area (Å²) in [7, 11) is 0. The molecule has 0 heterocycles. The number of ketones is 1. The molecule has 0 saturated carbocycles. The molecule has 0 saturated heterocycles. The predicted molar refractivity (Wildman–Crippen MR) is 81.5 cm³/mol. The van der Waals surface area contributed by atoms with E-state index >= 15 is 0 Å². The van der Waals surface area contributed by atoms with Crippen molar-refractivity contribution < 1.29 is 14.4 Å². The molecule has 0 atom stereocenters. The third kappa shape index (κ3) is 3.79. The van der Waals surface area contributed by atoms with Gasteiger partial charge < -0.3 is 0 Å². The van der Waals surface area contributed by atoms with Crippen molar-refractivity contribution in [2.24, 2.45) is 5.16 Å². The summed E-state index contributed by atoms with van der Waals surface area (Å²) in [5.74, 6) is -0.0722. The van der Waals surface area contributed by atoms with Gasteiger partial charge in [-0.3, -0.25) is 14.9 Å². The van der Waals surface area contributed by atoms with Crippen molar-refractivity contribution in [3.05, 3.63) is 52.6 Å². The maximum atomic E-state index is 11.6. The molecule has 0 bridgehead atoms. The monoisotopic (exact) mass is 304 g/mol. The van der Waals surface area contributed by atoms with Gasteiger partial charge in [-0.05, 0) is 55.8 Å². The largest absolute Gasteiger partial charge is 0.437 e.